The SMILES string of the molecule is C/C=C\n1cccc(I)c1=N. The number of allylic oxidation sites excluding steroid dienone is 1. The van der Waals surface area contributed by atoms with E-state index in [9.17, 15) is 0 Å². The van der Waals surface area contributed by atoms with Crippen LogP contribution >= 0.6 is 22.6 Å². The second kappa shape index (κ2) is 3.71. The van der Waals surface area contributed by atoms with Crippen molar-refractivity contribution in [2.45, 2.75) is 6.92 Å². The molecular formula is C8H9IN2. The van der Waals surface area contributed by atoms with Gasteiger partial charge in [-0.1, -0.05) is 6.08 Å². The Kier molecular flexibility index (Phi) is 2.87. The third-order valence-corrected chi connectivity index (χ3v) is 2.15. The van der Waals surface area contributed by atoms with Crippen LogP contribution in [-0.4, -0.2) is 4.57 Å². The van der Waals surface area contributed by atoms with Gasteiger partial charge in [0.05, 0.1) is 3.57 Å². The second-order valence-corrected chi connectivity index (χ2v) is 3.26. The highest BCUT2D eigenvalue weighted by Crippen LogP contribution is 1.95. The Morgan fingerprint density at radius 2 is 2.36 bits per heavy atom. The zero-order chi connectivity index (χ0) is 8.27. The number of nitrogens with one attached hydrogen (secondary N) is 1. The van der Waals surface area contributed by atoms with Crippen LogP contribution < -0.4 is 5.49 Å². The largest absolute Gasteiger partial charge is 0.309 e. The minimum absolute atomic E-state index is 0.534. The lowest BCUT2D eigenvalue weighted by Crippen LogP contribution is -2.16. The number of nitrogens with zero attached hydrogens (tertiary/aromatic N) is 1. The summed E-state index contributed by atoms with van der Waals surface area (Å²) in [6.07, 6.45) is 5.64. The predicted molar refractivity (Wildman–Crippen MR) is 54.0 cm³/mol. The lowest BCUT2D eigenvalue weighted by Gasteiger charge is -1.99. The fourth-order valence-electron chi connectivity index (χ4n) is 0.782. The average molecular weight is 260 g/mol. The van der Waals surface area contributed by atoms with Crippen LogP contribution in [0.25, 0.3) is 6.20 Å². The van der Waals surface area contributed by atoms with Crippen LogP contribution in [-0.2, 0) is 0 Å². The van der Waals surface area contributed by atoms with E-state index in [-0.39, 0.29) is 0 Å². The van der Waals surface area contributed by atoms with Crippen molar-refractivity contribution in [3.05, 3.63) is 33.5 Å². The smallest absolute Gasteiger partial charge is 0.142 e. The van der Waals surface area contributed by atoms with Crippen LogP contribution in [0.2, 0.25) is 0 Å². The minimum atomic E-state index is 0.534. The van der Waals surface area contributed by atoms with Crippen molar-refractivity contribution in [1.82, 2.24) is 4.57 Å². The standard InChI is InChI=1S/C8H9IN2/c1-2-5-11-6-3-4-7(9)8(11)10/h2-6,10H,1H3/b5-2-,10-8?. The molecular weight excluding hydrogens is 251 g/mol. The first-order valence-corrected chi connectivity index (χ1v) is 4.37. The maximum atomic E-state index is 7.60. The first kappa shape index (κ1) is 8.52. The molecule has 0 aliphatic rings. The molecule has 0 fully saturated rings. The van der Waals surface area contributed by atoms with Gasteiger partial charge in [-0.25, -0.2) is 0 Å². The third kappa shape index (κ3) is 1.92. The molecule has 0 aromatic carbocycles. The Labute approximate surface area is 79.2 Å². The van der Waals surface area contributed by atoms with Crippen molar-refractivity contribution < 1.29 is 0 Å². The van der Waals surface area contributed by atoms with Crippen molar-refractivity contribution >= 4 is 28.8 Å². The zero-order valence-electron chi connectivity index (χ0n) is 6.21. The summed E-state index contributed by atoms with van der Waals surface area (Å²) in [7, 11) is 0. The monoisotopic (exact) mass is 260 g/mol. The van der Waals surface area contributed by atoms with E-state index in [0.717, 1.165) is 3.57 Å². The number of hydrogen-bond acceptors (Lipinski definition) is 1. The minimum Gasteiger partial charge on any atom is -0.309 e. The number of aromatic nitrogens is 1. The van der Waals surface area contributed by atoms with E-state index in [2.05, 4.69) is 22.6 Å². The number of hydrogen-bond donors (Lipinski definition) is 1. The average Bonchev–Trinajstić information content (AvgIpc) is 1.99. The normalized spacial score (nSPS) is 10.7. The Balaban J connectivity index is 3.28. The van der Waals surface area contributed by atoms with Gasteiger partial charge >= 0.3 is 0 Å². The Bertz CT molecular complexity index is 325. The van der Waals surface area contributed by atoms with Gasteiger partial charge in [0.15, 0.2) is 0 Å². The van der Waals surface area contributed by atoms with E-state index in [1.807, 2.05) is 37.5 Å². The molecule has 0 saturated heterocycles. The topological polar surface area (TPSA) is 28.8 Å². The van der Waals surface area contributed by atoms with Crippen molar-refractivity contribution in [3.63, 3.8) is 0 Å². The van der Waals surface area contributed by atoms with Crippen molar-refractivity contribution in [2.24, 2.45) is 0 Å². The van der Waals surface area contributed by atoms with Gasteiger partial charge in [-0.15, -0.1) is 0 Å². The second-order valence-electron chi connectivity index (χ2n) is 2.09. The molecule has 1 rings (SSSR count). The van der Waals surface area contributed by atoms with Crippen molar-refractivity contribution in [1.29, 1.82) is 5.41 Å². The van der Waals surface area contributed by atoms with E-state index in [0.29, 0.717) is 5.49 Å². The van der Waals surface area contributed by atoms with E-state index in [1.54, 1.807) is 4.57 Å². The first-order valence-electron chi connectivity index (χ1n) is 3.30. The quantitative estimate of drug-likeness (QED) is 0.749. The molecule has 58 valence electrons. The third-order valence-electron chi connectivity index (χ3n) is 1.28. The highest BCUT2D eigenvalue weighted by Gasteiger charge is 1.90. The fraction of sp³-hybridized carbons (Fsp3) is 0.125. The molecule has 2 nitrogen and oxygen atoms in total. The highest BCUT2D eigenvalue weighted by molar-refractivity contribution is 14.1. The van der Waals surface area contributed by atoms with Gasteiger partial charge in [-0.2, -0.15) is 0 Å². The van der Waals surface area contributed by atoms with Crippen LogP contribution in [0, 0.1) is 8.98 Å². The molecule has 3 heteroatoms. The van der Waals surface area contributed by atoms with Crippen molar-refractivity contribution in [2.75, 3.05) is 0 Å². The molecule has 1 aromatic rings. The maximum Gasteiger partial charge on any atom is 0.142 e. The first-order chi connectivity index (χ1) is 5.25. The molecule has 0 aliphatic heterocycles. The molecule has 0 unspecified atom stereocenters. The van der Waals surface area contributed by atoms with E-state index in [4.69, 9.17) is 5.41 Å². The molecule has 0 amide bonds. The van der Waals surface area contributed by atoms with Gasteiger partial charge < -0.3 is 4.57 Å². The van der Waals surface area contributed by atoms with Crippen LogP contribution in [0.4, 0.5) is 0 Å². The molecule has 0 bridgehead atoms. The van der Waals surface area contributed by atoms with Crippen LogP contribution in [0.3, 0.4) is 0 Å². The summed E-state index contributed by atoms with van der Waals surface area (Å²) in [6, 6.07) is 3.85. The summed E-state index contributed by atoms with van der Waals surface area (Å²) in [5.41, 5.74) is 0.534. The van der Waals surface area contributed by atoms with E-state index in [1.165, 1.54) is 0 Å². The Hall–Kier alpha value is -0.580. The summed E-state index contributed by atoms with van der Waals surface area (Å²) < 4.78 is 2.74. The molecule has 1 N–H and O–H groups in total. The molecule has 0 spiro atoms. The molecule has 0 aliphatic carbocycles. The maximum absolute atomic E-state index is 7.60. The van der Waals surface area contributed by atoms with Gasteiger partial charge in [-0.3, -0.25) is 5.41 Å². The molecule has 11 heavy (non-hydrogen) atoms. The van der Waals surface area contributed by atoms with Crippen LogP contribution in [0.5, 0.6) is 0 Å². The van der Waals surface area contributed by atoms with Gasteiger partial charge in [-0.05, 0) is 41.6 Å². The van der Waals surface area contributed by atoms with E-state index >= 15 is 0 Å². The Morgan fingerprint density at radius 3 is 3.00 bits per heavy atom. The summed E-state index contributed by atoms with van der Waals surface area (Å²) in [5.74, 6) is 0. The lowest BCUT2D eigenvalue weighted by molar-refractivity contribution is 0.959. The molecule has 0 saturated carbocycles. The highest BCUT2D eigenvalue weighted by atomic mass is 127. The summed E-state index contributed by atoms with van der Waals surface area (Å²) in [6.45, 7) is 1.94. The summed E-state index contributed by atoms with van der Waals surface area (Å²) in [5, 5.41) is 7.60. The van der Waals surface area contributed by atoms with E-state index < -0.39 is 0 Å². The zero-order valence-corrected chi connectivity index (χ0v) is 8.37. The summed E-state index contributed by atoms with van der Waals surface area (Å²) >= 11 is 2.15. The molecule has 1 heterocycles. The van der Waals surface area contributed by atoms with Crippen molar-refractivity contribution in [3.8, 4) is 0 Å². The summed E-state index contributed by atoms with van der Waals surface area (Å²) in [4.78, 5) is 0. The number of pyridine rings is 1. The Morgan fingerprint density at radius 1 is 1.64 bits per heavy atom. The predicted octanol–water partition coefficient (Wildman–Crippen LogP) is 2.06. The molecule has 1 aromatic heterocycles. The lowest BCUT2D eigenvalue weighted by atomic mass is 10.5. The van der Waals surface area contributed by atoms with Gasteiger partial charge in [0.25, 0.3) is 0 Å². The van der Waals surface area contributed by atoms with Gasteiger partial charge in [0, 0.05) is 12.4 Å². The van der Waals surface area contributed by atoms with Crippen LogP contribution in [0.15, 0.2) is 24.4 Å². The van der Waals surface area contributed by atoms with Gasteiger partial charge in [0.2, 0.25) is 0 Å². The number of rotatable bonds is 1. The molecule has 0 radical (unpaired) electrons. The van der Waals surface area contributed by atoms with Gasteiger partial charge in [0.1, 0.15) is 5.49 Å². The number of halogens is 1. The van der Waals surface area contributed by atoms with Crippen LogP contribution in [0.1, 0.15) is 6.92 Å². The molecule has 0 atom stereocenters. The fourth-order valence-corrected chi connectivity index (χ4v) is 1.27.